The van der Waals surface area contributed by atoms with Crippen LogP contribution in [0.4, 0.5) is 5.69 Å². The molecule has 24 heavy (non-hydrogen) atoms. The zero-order chi connectivity index (χ0) is 17.5. The number of carbonyl (C=O) groups excluding carboxylic acids is 2. The summed E-state index contributed by atoms with van der Waals surface area (Å²) in [5, 5.41) is 2.76. The lowest BCUT2D eigenvalue weighted by Gasteiger charge is -2.13. The molecule has 0 fully saturated rings. The highest BCUT2D eigenvalue weighted by atomic mass is 79.9. The Balaban J connectivity index is 1.85. The van der Waals surface area contributed by atoms with Crippen molar-refractivity contribution in [3.63, 3.8) is 0 Å². The minimum atomic E-state index is -0.616. The molecule has 0 aliphatic heterocycles. The Morgan fingerprint density at radius 3 is 2.67 bits per heavy atom. The van der Waals surface area contributed by atoms with Crippen molar-refractivity contribution in [2.24, 2.45) is 0 Å². The van der Waals surface area contributed by atoms with E-state index in [0.29, 0.717) is 10.4 Å². The van der Waals surface area contributed by atoms with E-state index in [0.717, 1.165) is 11.3 Å². The van der Waals surface area contributed by atoms with Crippen molar-refractivity contribution in [2.45, 2.75) is 19.8 Å². The van der Waals surface area contributed by atoms with Gasteiger partial charge in [0.25, 0.3) is 5.91 Å². The predicted molar refractivity (Wildman–Crippen MR) is 95.6 cm³/mol. The molecule has 1 amide bonds. The molecule has 1 heterocycles. The Morgan fingerprint density at radius 2 is 2.00 bits per heavy atom. The second-order valence-electron chi connectivity index (χ2n) is 5.37. The number of ether oxygens (including phenoxy) is 1. The number of para-hydroxylation sites is 1. The fourth-order valence-electron chi connectivity index (χ4n) is 2.05. The molecule has 0 aliphatic carbocycles. The van der Waals surface area contributed by atoms with Crippen molar-refractivity contribution in [2.75, 3.05) is 11.9 Å². The molecule has 0 saturated heterocycles. The lowest BCUT2D eigenvalue weighted by atomic mass is 10.0. The zero-order valence-electron chi connectivity index (χ0n) is 13.4. The highest BCUT2D eigenvalue weighted by molar-refractivity contribution is 9.10. The monoisotopic (exact) mass is 391 g/mol. The fourth-order valence-corrected chi connectivity index (χ4v) is 2.37. The maximum absolute atomic E-state index is 11.9. The third-order valence-electron chi connectivity index (χ3n) is 3.18. The van der Waals surface area contributed by atoms with Gasteiger partial charge < -0.3 is 14.5 Å². The first-order valence-electron chi connectivity index (χ1n) is 7.44. The van der Waals surface area contributed by atoms with Crippen molar-refractivity contribution >= 4 is 39.6 Å². The van der Waals surface area contributed by atoms with Crippen molar-refractivity contribution in [3.05, 3.63) is 58.5 Å². The number of nitrogens with one attached hydrogen (secondary N) is 1. The molecule has 0 bridgehead atoms. The second-order valence-corrected chi connectivity index (χ2v) is 6.15. The topological polar surface area (TPSA) is 68.5 Å². The van der Waals surface area contributed by atoms with Crippen LogP contribution >= 0.6 is 15.9 Å². The number of esters is 1. The lowest BCUT2D eigenvalue weighted by Crippen LogP contribution is -2.21. The van der Waals surface area contributed by atoms with Gasteiger partial charge in [-0.1, -0.05) is 32.0 Å². The predicted octanol–water partition coefficient (Wildman–Crippen LogP) is 4.36. The van der Waals surface area contributed by atoms with E-state index in [1.54, 1.807) is 12.1 Å². The molecular formula is C18H18BrNO4. The molecule has 1 aromatic carbocycles. The van der Waals surface area contributed by atoms with Crippen LogP contribution in [0.3, 0.4) is 0 Å². The SMILES string of the molecule is CC(C)c1ccccc1NC(=O)COC(=O)C=Cc1ccc(Br)o1. The van der Waals surface area contributed by atoms with E-state index in [1.807, 2.05) is 38.1 Å². The van der Waals surface area contributed by atoms with Crippen molar-refractivity contribution < 1.29 is 18.7 Å². The van der Waals surface area contributed by atoms with Gasteiger partial charge in [0, 0.05) is 11.8 Å². The van der Waals surface area contributed by atoms with E-state index in [4.69, 9.17) is 9.15 Å². The van der Waals surface area contributed by atoms with Gasteiger partial charge in [-0.15, -0.1) is 0 Å². The molecule has 6 heteroatoms. The number of hydrogen-bond acceptors (Lipinski definition) is 4. The van der Waals surface area contributed by atoms with Gasteiger partial charge >= 0.3 is 5.97 Å². The van der Waals surface area contributed by atoms with Crippen LogP contribution in [0.15, 0.2) is 51.6 Å². The van der Waals surface area contributed by atoms with E-state index >= 15 is 0 Å². The summed E-state index contributed by atoms with van der Waals surface area (Å²) < 4.78 is 10.7. The third kappa shape index (κ3) is 5.38. The number of rotatable bonds is 6. The Bertz CT molecular complexity index is 749. The highest BCUT2D eigenvalue weighted by Gasteiger charge is 2.10. The van der Waals surface area contributed by atoms with Gasteiger partial charge in [0.2, 0.25) is 0 Å². The quantitative estimate of drug-likeness (QED) is 0.586. The Hall–Kier alpha value is -2.34. The summed E-state index contributed by atoms with van der Waals surface area (Å²) in [6.45, 7) is 3.74. The summed E-state index contributed by atoms with van der Waals surface area (Å²) in [5.41, 5.74) is 1.75. The van der Waals surface area contributed by atoms with Crippen molar-refractivity contribution in [1.82, 2.24) is 0 Å². The molecule has 2 aromatic rings. The number of furan rings is 1. The normalized spacial score (nSPS) is 11.0. The van der Waals surface area contributed by atoms with E-state index in [1.165, 1.54) is 12.2 Å². The standard InChI is InChI=1S/C18H18BrNO4/c1-12(2)14-5-3-4-6-15(14)20-17(21)11-23-18(22)10-8-13-7-9-16(19)24-13/h3-10,12H,11H2,1-2H3,(H,20,21). The van der Waals surface area contributed by atoms with Crippen molar-refractivity contribution in [1.29, 1.82) is 0 Å². The fraction of sp³-hybridized carbons (Fsp3) is 0.222. The van der Waals surface area contributed by atoms with Crippen LogP contribution in [-0.4, -0.2) is 18.5 Å². The van der Waals surface area contributed by atoms with Gasteiger partial charge in [-0.05, 0) is 51.7 Å². The first-order valence-corrected chi connectivity index (χ1v) is 8.24. The molecular weight excluding hydrogens is 374 g/mol. The van der Waals surface area contributed by atoms with Crippen LogP contribution in [0.5, 0.6) is 0 Å². The van der Waals surface area contributed by atoms with Gasteiger partial charge in [-0.25, -0.2) is 4.79 Å². The second kappa shape index (κ2) is 8.49. The molecule has 2 rings (SSSR count). The highest BCUT2D eigenvalue weighted by Crippen LogP contribution is 2.23. The molecule has 5 nitrogen and oxygen atoms in total. The van der Waals surface area contributed by atoms with E-state index in [9.17, 15) is 9.59 Å². The number of halogens is 1. The average Bonchev–Trinajstić information content (AvgIpc) is 2.97. The minimum absolute atomic E-state index is 0.277. The molecule has 0 spiro atoms. The summed E-state index contributed by atoms with van der Waals surface area (Å²) in [4.78, 5) is 23.5. The summed E-state index contributed by atoms with van der Waals surface area (Å²) in [6.07, 6.45) is 2.68. The molecule has 1 aromatic heterocycles. The average molecular weight is 392 g/mol. The molecule has 0 unspecified atom stereocenters. The van der Waals surface area contributed by atoms with Crippen molar-refractivity contribution in [3.8, 4) is 0 Å². The van der Waals surface area contributed by atoms with Crippen LogP contribution in [0, 0.1) is 0 Å². The summed E-state index contributed by atoms with van der Waals surface area (Å²) in [7, 11) is 0. The number of carbonyl (C=O) groups is 2. The minimum Gasteiger partial charge on any atom is -0.452 e. The first-order chi connectivity index (χ1) is 11.5. The van der Waals surface area contributed by atoms with Crippen LogP contribution in [-0.2, 0) is 14.3 Å². The summed E-state index contributed by atoms with van der Waals surface area (Å²) >= 11 is 3.17. The van der Waals surface area contributed by atoms with Gasteiger partial charge in [-0.3, -0.25) is 4.79 Å². The Labute approximate surface area is 148 Å². The van der Waals surface area contributed by atoms with E-state index in [-0.39, 0.29) is 18.4 Å². The number of benzene rings is 1. The molecule has 0 atom stereocenters. The third-order valence-corrected chi connectivity index (χ3v) is 3.61. The zero-order valence-corrected chi connectivity index (χ0v) is 15.0. The number of amides is 1. The summed E-state index contributed by atoms with van der Waals surface area (Å²) in [6, 6.07) is 11.0. The molecule has 126 valence electrons. The number of hydrogen-bond donors (Lipinski definition) is 1. The van der Waals surface area contributed by atoms with E-state index < -0.39 is 5.97 Å². The maximum Gasteiger partial charge on any atom is 0.331 e. The van der Waals surface area contributed by atoms with Gasteiger partial charge in [0.05, 0.1) is 0 Å². The first kappa shape index (κ1) is 18.0. The number of anilines is 1. The lowest BCUT2D eigenvalue weighted by molar-refractivity contribution is -0.142. The van der Waals surface area contributed by atoms with Gasteiger partial charge in [0.15, 0.2) is 11.3 Å². The molecule has 1 N–H and O–H groups in total. The van der Waals surface area contributed by atoms with Crippen LogP contribution in [0.25, 0.3) is 6.08 Å². The van der Waals surface area contributed by atoms with Crippen LogP contribution < -0.4 is 5.32 Å². The Morgan fingerprint density at radius 1 is 1.25 bits per heavy atom. The Kier molecular flexibility index (Phi) is 6.37. The smallest absolute Gasteiger partial charge is 0.331 e. The molecule has 0 aliphatic rings. The van der Waals surface area contributed by atoms with Crippen LogP contribution in [0.1, 0.15) is 31.1 Å². The molecule has 0 saturated carbocycles. The van der Waals surface area contributed by atoms with E-state index in [2.05, 4.69) is 21.2 Å². The largest absolute Gasteiger partial charge is 0.452 e. The maximum atomic E-state index is 11.9. The van der Waals surface area contributed by atoms with Gasteiger partial charge in [0.1, 0.15) is 5.76 Å². The summed E-state index contributed by atoms with van der Waals surface area (Å²) in [5.74, 6) is -0.214. The molecule has 0 radical (unpaired) electrons. The van der Waals surface area contributed by atoms with Gasteiger partial charge in [-0.2, -0.15) is 0 Å². The van der Waals surface area contributed by atoms with Crippen LogP contribution in [0.2, 0.25) is 0 Å².